The summed E-state index contributed by atoms with van der Waals surface area (Å²) < 4.78 is 5.64. The maximum Gasteiger partial charge on any atom is 0.340 e. The van der Waals surface area contributed by atoms with E-state index in [9.17, 15) is 25.1 Å². The van der Waals surface area contributed by atoms with Crippen molar-refractivity contribution in [1.29, 1.82) is 0 Å². The third-order valence-corrected chi connectivity index (χ3v) is 3.75. The minimum Gasteiger partial charge on any atom is -0.479 e. The summed E-state index contributed by atoms with van der Waals surface area (Å²) in [4.78, 5) is 22.1. The van der Waals surface area contributed by atoms with Crippen LogP contribution in [0.15, 0.2) is 54.6 Å². The van der Waals surface area contributed by atoms with Crippen LogP contribution in [0.2, 0.25) is 0 Å². The highest BCUT2D eigenvalue weighted by molar-refractivity contribution is 5.78. The lowest BCUT2D eigenvalue weighted by Crippen LogP contribution is -2.46. The molecule has 2 rings (SSSR count). The standard InChI is InChI=1S/C17H17NO6/c1-2-17(21,16(19)20)15(12-8-4-3-5-9-12)24-14-11-7-6-10-13(14)18(22)23/h3-11,15,21H,2H2,1H3,(H,19,20). The van der Waals surface area contributed by atoms with E-state index >= 15 is 0 Å². The van der Waals surface area contributed by atoms with E-state index in [1.807, 2.05) is 0 Å². The number of nitro groups is 1. The molecule has 7 heteroatoms. The first kappa shape index (κ1) is 17.4. The topological polar surface area (TPSA) is 110 Å². The lowest BCUT2D eigenvalue weighted by Gasteiger charge is -2.32. The summed E-state index contributed by atoms with van der Waals surface area (Å²) in [6.45, 7) is 1.51. The zero-order valence-corrected chi connectivity index (χ0v) is 13.0. The molecule has 0 saturated carbocycles. The Morgan fingerprint density at radius 2 is 1.79 bits per heavy atom. The number of aliphatic carboxylic acids is 1. The van der Waals surface area contributed by atoms with Gasteiger partial charge in [-0.1, -0.05) is 49.4 Å². The molecule has 2 atom stereocenters. The van der Waals surface area contributed by atoms with Crippen molar-refractivity contribution in [2.45, 2.75) is 25.0 Å². The molecule has 126 valence electrons. The van der Waals surface area contributed by atoms with Crippen molar-refractivity contribution < 1.29 is 24.7 Å². The molecule has 0 aromatic heterocycles. The molecular formula is C17H17NO6. The Hall–Kier alpha value is -2.93. The molecule has 0 saturated heterocycles. The predicted octanol–water partition coefficient (Wildman–Crippen LogP) is 2.94. The van der Waals surface area contributed by atoms with Gasteiger partial charge < -0.3 is 14.9 Å². The Labute approximate surface area is 138 Å². The maximum atomic E-state index is 11.6. The van der Waals surface area contributed by atoms with E-state index in [0.29, 0.717) is 5.56 Å². The zero-order chi connectivity index (χ0) is 17.7. The van der Waals surface area contributed by atoms with E-state index in [0.717, 1.165) is 0 Å². The van der Waals surface area contributed by atoms with Gasteiger partial charge in [-0.05, 0) is 18.1 Å². The zero-order valence-electron chi connectivity index (χ0n) is 13.0. The molecule has 2 aromatic carbocycles. The van der Waals surface area contributed by atoms with Crippen LogP contribution >= 0.6 is 0 Å². The van der Waals surface area contributed by atoms with Gasteiger partial charge in [0.25, 0.3) is 0 Å². The van der Waals surface area contributed by atoms with Gasteiger partial charge >= 0.3 is 11.7 Å². The second kappa shape index (κ2) is 7.10. The smallest absolute Gasteiger partial charge is 0.340 e. The number of para-hydroxylation sites is 2. The van der Waals surface area contributed by atoms with Crippen molar-refractivity contribution in [3.8, 4) is 5.75 Å². The maximum absolute atomic E-state index is 11.6. The summed E-state index contributed by atoms with van der Waals surface area (Å²) in [7, 11) is 0. The van der Waals surface area contributed by atoms with E-state index in [1.165, 1.54) is 31.2 Å². The van der Waals surface area contributed by atoms with Crippen LogP contribution < -0.4 is 4.74 Å². The van der Waals surface area contributed by atoms with Gasteiger partial charge in [0.05, 0.1) is 4.92 Å². The lowest BCUT2D eigenvalue weighted by atomic mass is 9.88. The third-order valence-electron chi connectivity index (χ3n) is 3.75. The summed E-state index contributed by atoms with van der Waals surface area (Å²) in [6, 6.07) is 13.9. The van der Waals surface area contributed by atoms with Crippen molar-refractivity contribution in [2.24, 2.45) is 0 Å². The fourth-order valence-corrected chi connectivity index (χ4v) is 2.35. The Morgan fingerprint density at radius 3 is 2.33 bits per heavy atom. The fraction of sp³-hybridized carbons (Fsp3) is 0.235. The molecule has 0 heterocycles. The summed E-state index contributed by atoms with van der Waals surface area (Å²) in [5.74, 6) is -1.57. The van der Waals surface area contributed by atoms with Crippen LogP contribution in [0, 0.1) is 10.1 Å². The first-order valence-corrected chi connectivity index (χ1v) is 7.31. The number of hydrogen-bond acceptors (Lipinski definition) is 5. The van der Waals surface area contributed by atoms with Gasteiger partial charge in [-0.3, -0.25) is 10.1 Å². The predicted molar refractivity (Wildman–Crippen MR) is 85.8 cm³/mol. The van der Waals surface area contributed by atoms with E-state index < -0.39 is 22.6 Å². The summed E-state index contributed by atoms with van der Waals surface area (Å²) in [6.07, 6.45) is -1.44. The number of carboxylic acids is 1. The number of nitro benzene ring substituents is 1. The van der Waals surface area contributed by atoms with Gasteiger partial charge in [0.2, 0.25) is 5.60 Å². The van der Waals surface area contributed by atoms with E-state index in [4.69, 9.17) is 4.74 Å². The largest absolute Gasteiger partial charge is 0.479 e. The summed E-state index contributed by atoms with van der Waals surface area (Å²) >= 11 is 0. The Bertz CT molecular complexity index is 733. The number of rotatable bonds is 7. The number of carboxylic acid groups (broad SMARTS) is 1. The molecule has 24 heavy (non-hydrogen) atoms. The number of benzene rings is 2. The van der Waals surface area contributed by atoms with E-state index in [-0.39, 0.29) is 17.9 Å². The van der Waals surface area contributed by atoms with Crippen LogP contribution in [0.1, 0.15) is 25.0 Å². The number of aliphatic hydroxyl groups is 1. The second-order valence-electron chi connectivity index (χ2n) is 5.22. The molecule has 0 aliphatic carbocycles. The molecule has 2 N–H and O–H groups in total. The molecule has 0 aliphatic heterocycles. The first-order valence-electron chi connectivity index (χ1n) is 7.31. The monoisotopic (exact) mass is 331 g/mol. The number of carbonyl (C=O) groups is 1. The first-order chi connectivity index (χ1) is 11.4. The minimum absolute atomic E-state index is 0.107. The average molecular weight is 331 g/mol. The Balaban J connectivity index is 2.53. The molecule has 0 bridgehead atoms. The fourth-order valence-electron chi connectivity index (χ4n) is 2.35. The molecule has 2 unspecified atom stereocenters. The van der Waals surface area contributed by atoms with Crippen LogP contribution in [-0.2, 0) is 4.79 Å². The number of ether oxygens (including phenoxy) is 1. The third kappa shape index (κ3) is 3.36. The number of nitrogens with zero attached hydrogens (tertiary/aromatic N) is 1. The SMILES string of the molecule is CCC(O)(C(=O)O)C(Oc1ccccc1[N+](=O)[O-])c1ccccc1. The van der Waals surface area contributed by atoms with Crippen LogP contribution in [0.3, 0.4) is 0 Å². The van der Waals surface area contributed by atoms with Crippen molar-refractivity contribution in [3.63, 3.8) is 0 Å². The molecule has 2 aromatic rings. The summed E-state index contributed by atoms with van der Waals surface area (Å²) in [5, 5.41) is 31.2. The van der Waals surface area contributed by atoms with Gasteiger partial charge in [0.1, 0.15) is 0 Å². The van der Waals surface area contributed by atoms with Crippen molar-refractivity contribution in [2.75, 3.05) is 0 Å². The normalized spacial score (nSPS) is 14.4. The van der Waals surface area contributed by atoms with Gasteiger partial charge in [-0.2, -0.15) is 0 Å². The van der Waals surface area contributed by atoms with Gasteiger partial charge in [0, 0.05) is 6.07 Å². The Morgan fingerprint density at radius 1 is 1.21 bits per heavy atom. The van der Waals surface area contributed by atoms with Crippen molar-refractivity contribution in [3.05, 3.63) is 70.3 Å². The molecule has 0 spiro atoms. The van der Waals surface area contributed by atoms with Crippen LogP contribution in [0.5, 0.6) is 5.75 Å². The van der Waals surface area contributed by atoms with Crippen LogP contribution in [0.4, 0.5) is 5.69 Å². The number of hydrogen-bond donors (Lipinski definition) is 2. The molecule has 0 fully saturated rings. The van der Waals surface area contributed by atoms with Gasteiger partial charge in [0.15, 0.2) is 11.9 Å². The van der Waals surface area contributed by atoms with Gasteiger partial charge in [-0.15, -0.1) is 0 Å². The molecule has 7 nitrogen and oxygen atoms in total. The van der Waals surface area contributed by atoms with Gasteiger partial charge in [-0.25, -0.2) is 4.79 Å². The molecular weight excluding hydrogens is 314 g/mol. The van der Waals surface area contributed by atoms with E-state index in [1.54, 1.807) is 30.3 Å². The quantitative estimate of drug-likeness (QED) is 0.596. The molecule has 0 aliphatic rings. The highest BCUT2D eigenvalue weighted by atomic mass is 16.6. The average Bonchev–Trinajstić information content (AvgIpc) is 2.59. The second-order valence-corrected chi connectivity index (χ2v) is 5.22. The van der Waals surface area contributed by atoms with E-state index in [2.05, 4.69) is 0 Å². The van der Waals surface area contributed by atoms with Crippen LogP contribution in [0.25, 0.3) is 0 Å². The highest BCUT2D eigenvalue weighted by Crippen LogP contribution is 2.37. The highest BCUT2D eigenvalue weighted by Gasteiger charge is 2.46. The molecule has 0 radical (unpaired) electrons. The van der Waals surface area contributed by atoms with Crippen LogP contribution in [-0.4, -0.2) is 26.7 Å². The summed E-state index contributed by atoms with van der Waals surface area (Å²) in [5.41, 5.74) is -2.13. The lowest BCUT2D eigenvalue weighted by molar-refractivity contribution is -0.386. The Kier molecular flexibility index (Phi) is 5.15. The minimum atomic E-state index is -2.23. The molecule has 0 amide bonds. The van der Waals surface area contributed by atoms with Crippen molar-refractivity contribution >= 4 is 11.7 Å². The van der Waals surface area contributed by atoms with Crippen molar-refractivity contribution in [1.82, 2.24) is 0 Å².